The molecule has 0 unspecified atom stereocenters. The molecule has 2 rings (SSSR count). The lowest BCUT2D eigenvalue weighted by Gasteiger charge is -2.17. The maximum Gasteiger partial charge on any atom is 0.339 e. The van der Waals surface area contributed by atoms with Crippen molar-refractivity contribution in [2.45, 2.75) is 39.0 Å². The first-order chi connectivity index (χ1) is 9.22. The fourth-order valence-electron chi connectivity index (χ4n) is 2.30. The van der Waals surface area contributed by atoms with Crippen molar-refractivity contribution in [3.63, 3.8) is 0 Å². The van der Waals surface area contributed by atoms with Gasteiger partial charge in [0.25, 0.3) is 0 Å². The van der Waals surface area contributed by atoms with Gasteiger partial charge >= 0.3 is 5.97 Å². The van der Waals surface area contributed by atoms with E-state index in [0.717, 1.165) is 36.9 Å². The van der Waals surface area contributed by atoms with E-state index in [2.05, 4.69) is 22.1 Å². The molecule has 0 amide bonds. The molecule has 0 fully saturated rings. The summed E-state index contributed by atoms with van der Waals surface area (Å²) in [5, 5.41) is 12.3. The van der Waals surface area contributed by atoms with Crippen LogP contribution in [-0.4, -0.2) is 22.6 Å². The molecule has 2 N–H and O–H groups in total. The number of carboxylic acids is 1. The highest BCUT2D eigenvalue weighted by molar-refractivity contribution is 5.93. The number of hydrogen-bond acceptors (Lipinski definition) is 3. The van der Waals surface area contributed by atoms with Crippen LogP contribution in [0.4, 0.5) is 5.82 Å². The number of carboxylic acid groups (broad SMARTS) is 1. The Bertz CT molecular complexity index is 541. The lowest BCUT2D eigenvalue weighted by atomic mass is 9.94. The summed E-state index contributed by atoms with van der Waals surface area (Å²) in [6.45, 7) is 2.41. The van der Waals surface area contributed by atoms with Gasteiger partial charge in [0.1, 0.15) is 11.4 Å². The maximum absolute atomic E-state index is 11.3. The molecule has 100 valence electrons. The van der Waals surface area contributed by atoms with E-state index in [1.165, 1.54) is 0 Å². The van der Waals surface area contributed by atoms with E-state index in [1.807, 2.05) is 0 Å². The molecule has 0 aromatic carbocycles. The number of aromatic carboxylic acids is 1. The molecule has 0 aliphatic heterocycles. The Morgan fingerprint density at radius 1 is 1.47 bits per heavy atom. The third kappa shape index (κ3) is 3.25. The van der Waals surface area contributed by atoms with E-state index in [0.29, 0.717) is 18.8 Å². The Kier molecular flexibility index (Phi) is 4.40. The molecule has 1 aliphatic carbocycles. The first-order valence-electron chi connectivity index (χ1n) is 6.62. The minimum atomic E-state index is -0.926. The monoisotopic (exact) mass is 258 g/mol. The van der Waals surface area contributed by atoms with Crippen molar-refractivity contribution < 1.29 is 9.90 Å². The van der Waals surface area contributed by atoms with E-state index >= 15 is 0 Å². The van der Waals surface area contributed by atoms with Crippen LogP contribution in [0.3, 0.4) is 0 Å². The van der Waals surface area contributed by atoms with Crippen LogP contribution in [0.5, 0.6) is 0 Å². The molecule has 1 aliphatic rings. The van der Waals surface area contributed by atoms with Gasteiger partial charge in [-0.3, -0.25) is 0 Å². The number of carbonyl (C=O) groups is 1. The summed E-state index contributed by atoms with van der Waals surface area (Å²) < 4.78 is 0. The summed E-state index contributed by atoms with van der Waals surface area (Å²) in [6.07, 6.45) is 4.82. The minimum Gasteiger partial charge on any atom is -0.478 e. The molecule has 0 atom stereocenters. The second-order valence-corrected chi connectivity index (χ2v) is 4.61. The van der Waals surface area contributed by atoms with Crippen molar-refractivity contribution in [1.82, 2.24) is 4.98 Å². The molecule has 4 heteroatoms. The van der Waals surface area contributed by atoms with E-state index in [4.69, 9.17) is 0 Å². The Labute approximate surface area is 113 Å². The molecule has 0 radical (unpaired) electrons. The zero-order valence-corrected chi connectivity index (χ0v) is 11.1. The van der Waals surface area contributed by atoms with Gasteiger partial charge in [0.15, 0.2) is 0 Å². The third-order valence-corrected chi connectivity index (χ3v) is 3.25. The van der Waals surface area contributed by atoms with Gasteiger partial charge in [0, 0.05) is 18.7 Å². The van der Waals surface area contributed by atoms with Crippen LogP contribution in [0.15, 0.2) is 6.07 Å². The minimum absolute atomic E-state index is 0.269. The first kappa shape index (κ1) is 13.4. The van der Waals surface area contributed by atoms with Gasteiger partial charge in [-0.05, 0) is 44.2 Å². The second-order valence-electron chi connectivity index (χ2n) is 4.61. The topological polar surface area (TPSA) is 62.2 Å². The summed E-state index contributed by atoms with van der Waals surface area (Å²) in [4.78, 5) is 15.8. The van der Waals surface area contributed by atoms with Crippen LogP contribution in [-0.2, 0) is 12.8 Å². The van der Waals surface area contributed by atoms with Crippen molar-refractivity contribution >= 4 is 11.8 Å². The summed E-state index contributed by atoms with van der Waals surface area (Å²) >= 11 is 0. The fraction of sp³-hybridized carbons (Fsp3) is 0.467. The van der Waals surface area contributed by atoms with E-state index in [-0.39, 0.29) is 5.56 Å². The standard InChI is InChI=1S/C15H18N2O2/c1-2-3-6-9-16-14-12(15(18)19)10-11-7-4-5-8-13(11)17-14/h10H,4-9H2,1H3,(H,16,17)(H,18,19). The van der Waals surface area contributed by atoms with E-state index in [1.54, 1.807) is 13.0 Å². The van der Waals surface area contributed by atoms with Crippen LogP contribution < -0.4 is 5.32 Å². The lowest BCUT2D eigenvalue weighted by molar-refractivity contribution is 0.0697. The molecule has 19 heavy (non-hydrogen) atoms. The molecule has 0 spiro atoms. The Balaban J connectivity index is 2.23. The van der Waals surface area contributed by atoms with Crippen molar-refractivity contribution in [3.8, 4) is 11.8 Å². The quantitative estimate of drug-likeness (QED) is 0.643. The van der Waals surface area contributed by atoms with Crippen LogP contribution in [0.25, 0.3) is 0 Å². The SMILES string of the molecule is CC#CCCNc1nc2c(cc1C(=O)O)CCCC2. The predicted molar refractivity (Wildman–Crippen MR) is 74.4 cm³/mol. The summed E-state index contributed by atoms with van der Waals surface area (Å²) in [5.41, 5.74) is 2.40. The zero-order chi connectivity index (χ0) is 13.7. The van der Waals surface area contributed by atoms with Crippen LogP contribution >= 0.6 is 0 Å². The number of anilines is 1. The molecular formula is C15H18N2O2. The van der Waals surface area contributed by atoms with Gasteiger partial charge in [-0.1, -0.05) is 0 Å². The van der Waals surface area contributed by atoms with E-state index < -0.39 is 5.97 Å². The highest BCUT2D eigenvalue weighted by Gasteiger charge is 2.18. The number of pyridine rings is 1. The average molecular weight is 258 g/mol. The highest BCUT2D eigenvalue weighted by atomic mass is 16.4. The third-order valence-electron chi connectivity index (χ3n) is 3.25. The average Bonchev–Trinajstić information content (AvgIpc) is 2.42. The Morgan fingerprint density at radius 2 is 2.26 bits per heavy atom. The number of rotatable bonds is 4. The first-order valence-corrected chi connectivity index (χ1v) is 6.62. The van der Waals surface area contributed by atoms with Gasteiger partial charge < -0.3 is 10.4 Å². The number of nitrogens with zero attached hydrogens (tertiary/aromatic N) is 1. The molecule has 0 saturated heterocycles. The Morgan fingerprint density at radius 3 is 3.00 bits per heavy atom. The van der Waals surface area contributed by atoms with Crippen molar-refractivity contribution in [2.24, 2.45) is 0 Å². The molecule has 1 aromatic heterocycles. The zero-order valence-electron chi connectivity index (χ0n) is 11.1. The van der Waals surface area contributed by atoms with Gasteiger partial charge in [-0.25, -0.2) is 9.78 Å². The number of fused-ring (bicyclic) bond motifs is 1. The smallest absolute Gasteiger partial charge is 0.339 e. The molecule has 1 heterocycles. The van der Waals surface area contributed by atoms with Crippen molar-refractivity contribution in [3.05, 3.63) is 22.9 Å². The van der Waals surface area contributed by atoms with Crippen LogP contribution in [0.2, 0.25) is 0 Å². The van der Waals surface area contributed by atoms with Gasteiger partial charge in [-0.15, -0.1) is 11.8 Å². The summed E-state index contributed by atoms with van der Waals surface area (Å²) in [6, 6.07) is 1.78. The van der Waals surface area contributed by atoms with Crippen LogP contribution in [0, 0.1) is 11.8 Å². The van der Waals surface area contributed by atoms with Gasteiger partial charge in [0.2, 0.25) is 0 Å². The maximum atomic E-state index is 11.3. The number of hydrogen-bond donors (Lipinski definition) is 2. The summed E-state index contributed by atoms with van der Waals surface area (Å²) in [7, 11) is 0. The highest BCUT2D eigenvalue weighted by Crippen LogP contribution is 2.24. The molecule has 4 nitrogen and oxygen atoms in total. The molecular weight excluding hydrogens is 240 g/mol. The van der Waals surface area contributed by atoms with Gasteiger partial charge in [-0.2, -0.15) is 0 Å². The van der Waals surface area contributed by atoms with Gasteiger partial charge in [0.05, 0.1) is 0 Å². The normalized spacial score (nSPS) is 13.1. The number of nitrogens with one attached hydrogen (secondary N) is 1. The van der Waals surface area contributed by atoms with Crippen molar-refractivity contribution in [1.29, 1.82) is 0 Å². The van der Waals surface area contributed by atoms with E-state index in [9.17, 15) is 9.90 Å². The number of aryl methyl sites for hydroxylation is 2. The largest absolute Gasteiger partial charge is 0.478 e. The lowest BCUT2D eigenvalue weighted by Crippen LogP contribution is -2.14. The molecule has 0 bridgehead atoms. The summed E-state index contributed by atoms with van der Waals surface area (Å²) in [5.74, 6) is 5.31. The molecule has 1 aromatic rings. The Hall–Kier alpha value is -2.02. The second kappa shape index (κ2) is 6.24. The molecule has 0 saturated carbocycles. The predicted octanol–water partition coefficient (Wildman–Crippen LogP) is 2.48. The fourth-order valence-corrected chi connectivity index (χ4v) is 2.30. The number of aromatic nitrogens is 1. The van der Waals surface area contributed by atoms with Crippen LogP contribution in [0.1, 0.15) is 47.8 Å². The van der Waals surface area contributed by atoms with Crippen molar-refractivity contribution in [2.75, 3.05) is 11.9 Å².